The highest BCUT2D eigenvalue weighted by Gasteiger charge is 1.98. The quantitative estimate of drug-likeness (QED) is 0.447. The maximum Gasteiger partial charge on any atom is 0.240 e. The standard InChI is InChI=1S/C15H22N2O/c1-3-4-5-6-7-15(18)17-16-12-14-10-8-13(2)9-11-14/h8-12H,3-7H2,1-2H3,(H,17,18)/b16-12-. The minimum atomic E-state index is -0.00513. The average molecular weight is 246 g/mol. The van der Waals surface area contributed by atoms with E-state index in [0.29, 0.717) is 6.42 Å². The highest BCUT2D eigenvalue weighted by atomic mass is 16.2. The van der Waals surface area contributed by atoms with Crippen LogP contribution >= 0.6 is 0 Å². The van der Waals surface area contributed by atoms with Gasteiger partial charge in [-0.05, 0) is 18.9 Å². The van der Waals surface area contributed by atoms with E-state index in [1.807, 2.05) is 31.2 Å². The van der Waals surface area contributed by atoms with E-state index >= 15 is 0 Å². The fourth-order valence-corrected chi connectivity index (χ4v) is 1.60. The molecule has 0 saturated carbocycles. The highest BCUT2D eigenvalue weighted by molar-refractivity contribution is 5.82. The topological polar surface area (TPSA) is 41.5 Å². The fourth-order valence-electron chi connectivity index (χ4n) is 1.60. The second kappa shape index (κ2) is 8.45. The molecule has 0 aliphatic rings. The number of hydrogen-bond donors (Lipinski definition) is 1. The zero-order chi connectivity index (χ0) is 13.2. The number of hydrazone groups is 1. The van der Waals surface area contributed by atoms with E-state index in [2.05, 4.69) is 17.5 Å². The van der Waals surface area contributed by atoms with Crippen molar-refractivity contribution in [3.63, 3.8) is 0 Å². The van der Waals surface area contributed by atoms with Gasteiger partial charge in [0.1, 0.15) is 0 Å². The van der Waals surface area contributed by atoms with Gasteiger partial charge in [0.05, 0.1) is 6.21 Å². The number of benzene rings is 1. The van der Waals surface area contributed by atoms with Crippen molar-refractivity contribution in [3.05, 3.63) is 35.4 Å². The fraction of sp³-hybridized carbons (Fsp3) is 0.467. The lowest BCUT2D eigenvalue weighted by Crippen LogP contribution is -2.16. The van der Waals surface area contributed by atoms with Gasteiger partial charge in [0.25, 0.3) is 0 Å². The molecule has 18 heavy (non-hydrogen) atoms. The number of nitrogens with zero attached hydrogens (tertiary/aromatic N) is 1. The van der Waals surface area contributed by atoms with Crippen LogP contribution in [0.3, 0.4) is 0 Å². The van der Waals surface area contributed by atoms with Crippen molar-refractivity contribution in [3.8, 4) is 0 Å². The monoisotopic (exact) mass is 246 g/mol. The van der Waals surface area contributed by atoms with Gasteiger partial charge in [-0.25, -0.2) is 5.43 Å². The van der Waals surface area contributed by atoms with Crippen molar-refractivity contribution >= 4 is 12.1 Å². The molecule has 0 bridgehead atoms. The van der Waals surface area contributed by atoms with Gasteiger partial charge in [-0.15, -0.1) is 0 Å². The van der Waals surface area contributed by atoms with Crippen LogP contribution in [0.4, 0.5) is 0 Å². The summed E-state index contributed by atoms with van der Waals surface area (Å²) in [5.41, 5.74) is 4.76. The summed E-state index contributed by atoms with van der Waals surface area (Å²) in [6, 6.07) is 8.00. The molecule has 3 heteroatoms. The van der Waals surface area contributed by atoms with Crippen molar-refractivity contribution in [2.45, 2.75) is 46.0 Å². The lowest BCUT2D eigenvalue weighted by atomic mass is 10.1. The molecule has 0 fully saturated rings. The summed E-state index contributed by atoms with van der Waals surface area (Å²) in [4.78, 5) is 11.4. The van der Waals surface area contributed by atoms with Gasteiger partial charge in [0.2, 0.25) is 5.91 Å². The summed E-state index contributed by atoms with van der Waals surface area (Å²) in [5, 5.41) is 3.95. The molecule has 1 rings (SSSR count). The van der Waals surface area contributed by atoms with Crippen molar-refractivity contribution in [1.29, 1.82) is 0 Å². The smallest absolute Gasteiger partial charge is 0.240 e. The molecule has 0 radical (unpaired) electrons. The second-order valence-corrected chi connectivity index (χ2v) is 4.51. The lowest BCUT2D eigenvalue weighted by molar-refractivity contribution is -0.121. The van der Waals surface area contributed by atoms with E-state index in [4.69, 9.17) is 0 Å². The highest BCUT2D eigenvalue weighted by Crippen LogP contribution is 2.02. The third-order valence-electron chi connectivity index (χ3n) is 2.74. The van der Waals surface area contributed by atoms with Crippen molar-refractivity contribution in [1.82, 2.24) is 5.43 Å². The summed E-state index contributed by atoms with van der Waals surface area (Å²) in [6.45, 7) is 4.20. The Balaban J connectivity index is 2.23. The Hall–Kier alpha value is -1.64. The van der Waals surface area contributed by atoms with Crippen LogP contribution in [0.2, 0.25) is 0 Å². The van der Waals surface area contributed by atoms with Crippen LogP contribution in [-0.2, 0) is 4.79 Å². The predicted molar refractivity (Wildman–Crippen MR) is 75.7 cm³/mol. The van der Waals surface area contributed by atoms with Crippen molar-refractivity contribution < 1.29 is 4.79 Å². The molecule has 98 valence electrons. The normalized spacial score (nSPS) is 10.8. The van der Waals surface area contributed by atoms with Crippen LogP contribution in [0.5, 0.6) is 0 Å². The van der Waals surface area contributed by atoms with Gasteiger partial charge in [0, 0.05) is 6.42 Å². The van der Waals surface area contributed by atoms with E-state index < -0.39 is 0 Å². The van der Waals surface area contributed by atoms with Crippen LogP contribution in [0.25, 0.3) is 0 Å². The van der Waals surface area contributed by atoms with Crippen LogP contribution in [0.15, 0.2) is 29.4 Å². The van der Waals surface area contributed by atoms with Crippen LogP contribution < -0.4 is 5.43 Å². The van der Waals surface area contributed by atoms with E-state index in [1.54, 1.807) is 6.21 Å². The first kappa shape index (κ1) is 14.4. The van der Waals surface area contributed by atoms with Gasteiger partial charge in [-0.1, -0.05) is 56.0 Å². The molecular weight excluding hydrogens is 224 g/mol. The van der Waals surface area contributed by atoms with Crippen molar-refractivity contribution in [2.75, 3.05) is 0 Å². The summed E-state index contributed by atoms with van der Waals surface area (Å²) < 4.78 is 0. The van der Waals surface area contributed by atoms with Gasteiger partial charge >= 0.3 is 0 Å². The van der Waals surface area contributed by atoms with Gasteiger partial charge in [0.15, 0.2) is 0 Å². The number of aryl methyl sites for hydroxylation is 1. The van der Waals surface area contributed by atoms with Crippen LogP contribution in [-0.4, -0.2) is 12.1 Å². The maximum atomic E-state index is 11.4. The summed E-state index contributed by atoms with van der Waals surface area (Å²) in [6.07, 6.45) is 6.67. The Morgan fingerprint density at radius 1 is 1.22 bits per heavy atom. The number of carbonyl (C=O) groups is 1. The Bertz CT molecular complexity index is 382. The van der Waals surface area contributed by atoms with E-state index in [9.17, 15) is 4.79 Å². The Morgan fingerprint density at radius 2 is 1.94 bits per heavy atom. The van der Waals surface area contributed by atoms with Crippen LogP contribution in [0.1, 0.15) is 50.2 Å². The number of unbranched alkanes of at least 4 members (excludes halogenated alkanes) is 3. The average Bonchev–Trinajstić information content (AvgIpc) is 2.37. The third-order valence-corrected chi connectivity index (χ3v) is 2.74. The number of rotatable bonds is 7. The number of nitrogens with one attached hydrogen (secondary N) is 1. The zero-order valence-corrected chi connectivity index (χ0v) is 11.3. The molecule has 0 spiro atoms. The number of carbonyl (C=O) groups excluding carboxylic acids is 1. The van der Waals surface area contributed by atoms with Gasteiger partial charge < -0.3 is 0 Å². The zero-order valence-electron chi connectivity index (χ0n) is 11.3. The molecule has 0 unspecified atom stereocenters. The predicted octanol–water partition coefficient (Wildman–Crippen LogP) is 3.42. The maximum absolute atomic E-state index is 11.4. The van der Waals surface area contributed by atoms with E-state index in [1.165, 1.54) is 18.4 Å². The summed E-state index contributed by atoms with van der Waals surface area (Å²) in [7, 11) is 0. The molecule has 1 aromatic carbocycles. The first-order valence-electron chi connectivity index (χ1n) is 6.61. The second-order valence-electron chi connectivity index (χ2n) is 4.51. The first-order chi connectivity index (χ1) is 8.72. The molecule has 1 amide bonds. The Labute approximate surface area is 109 Å². The molecule has 0 aliphatic heterocycles. The van der Waals surface area contributed by atoms with Crippen molar-refractivity contribution in [2.24, 2.45) is 5.10 Å². The molecule has 0 atom stereocenters. The lowest BCUT2D eigenvalue weighted by Gasteiger charge is -1.99. The molecule has 1 aromatic rings. The summed E-state index contributed by atoms with van der Waals surface area (Å²) in [5.74, 6) is -0.00513. The SMILES string of the molecule is CCCCCCC(=O)N/N=C\c1ccc(C)cc1. The molecule has 0 aliphatic carbocycles. The van der Waals surface area contributed by atoms with E-state index in [0.717, 1.165) is 18.4 Å². The third kappa shape index (κ3) is 6.18. The first-order valence-corrected chi connectivity index (χ1v) is 6.61. The van der Waals surface area contributed by atoms with Crippen LogP contribution in [0, 0.1) is 6.92 Å². The molecule has 3 nitrogen and oxygen atoms in total. The molecule has 1 N–H and O–H groups in total. The Kier molecular flexibility index (Phi) is 6.77. The largest absolute Gasteiger partial charge is 0.273 e. The molecule has 0 heterocycles. The number of amides is 1. The molecule has 0 saturated heterocycles. The minimum absolute atomic E-state index is 0.00513. The number of hydrogen-bond acceptors (Lipinski definition) is 2. The summed E-state index contributed by atoms with van der Waals surface area (Å²) >= 11 is 0. The molecule has 0 aromatic heterocycles. The van der Waals surface area contributed by atoms with Gasteiger partial charge in [-0.3, -0.25) is 4.79 Å². The minimum Gasteiger partial charge on any atom is -0.273 e. The molecular formula is C15H22N2O. The van der Waals surface area contributed by atoms with E-state index in [-0.39, 0.29) is 5.91 Å². The van der Waals surface area contributed by atoms with Gasteiger partial charge in [-0.2, -0.15) is 5.10 Å². The Morgan fingerprint density at radius 3 is 2.61 bits per heavy atom.